The molecule has 2 N–H and O–H groups in total. The summed E-state index contributed by atoms with van der Waals surface area (Å²) in [4.78, 5) is 46.0. The van der Waals surface area contributed by atoms with Gasteiger partial charge in [-0.2, -0.15) is 0 Å². The number of amides is 3. The highest BCUT2D eigenvalue weighted by atomic mass is 16.5. The van der Waals surface area contributed by atoms with E-state index < -0.39 is 23.8 Å². The lowest BCUT2D eigenvalue weighted by molar-refractivity contribution is -0.146. The first-order valence-electron chi connectivity index (χ1n) is 6.02. The van der Waals surface area contributed by atoms with Crippen molar-refractivity contribution in [2.24, 2.45) is 5.92 Å². The number of esters is 1. The number of carboxylic acid groups (broad SMARTS) is 1. The van der Waals surface area contributed by atoms with Crippen LogP contribution >= 0.6 is 0 Å². The summed E-state index contributed by atoms with van der Waals surface area (Å²) in [7, 11) is 1.28. The maximum atomic E-state index is 11.8. The Morgan fingerprint density at radius 3 is 2.60 bits per heavy atom. The van der Waals surface area contributed by atoms with Gasteiger partial charge in [-0.3, -0.25) is 14.9 Å². The molecule has 0 aromatic heterocycles. The highest BCUT2D eigenvalue weighted by Gasteiger charge is 2.29. The van der Waals surface area contributed by atoms with Gasteiger partial charge in [0.25, 0.3) is 5.91 Å². The van der Waals surface area contributed by atoms with Gasteiger partial charge in [0.1, 0.15) is 0 Å². The summed E-state index contributed by atoms with van der Waals surface area (Å²) in [5.41, 5.74) is 0. The second-order valence-corrected chi connectivity index (χ2v) is 4.27. The van der Waals surface area contributed by atoms with Crippen LogP contribution in [0.5, 0.6) is 0 Å². The molecule has 1 fully saturated rings. The number of ether oxygens (including phenoxy) is 1. The summed E-state index contributed by atoms with van der Waals surface area (Å²) < 4.78 is 4.62. The van der Waals surface area contributed by atoms with E-state index in [-0.39, 0.29) is 12.5 Å². The molecule has 8 heteroatoms. The van der Waals surface area contributed by atoms with Gasteiger partial charge in [0.15, 0.2) is 0 Å². The number of likely N-dealkylation sites (tertiary alicyclic amines) is 1. The van der Waals surface area contributed by atoms with Crippen LogP contribution in [0.4, 0.5) is 4.79 Å². The van der Waals surface area contributed by atoms with Gasteiger partial charge in [0, 0.05) is 25.2 Å². The first-order valence-corrected chi connectivity index (χ1v) is 6.02. The van der Waals surface area contributed by atoms with E-state index in [1.807, 2.05) is 5.32 Å². The van der Waals surface area contributed by atoms with E-state index in [0.29, 0.717) is 25.5 Å². The minimum atomic E-state index is -1.28. The van der Waals surface area contributed by atoms with Crippen LogP contribution in [0.2, 0.25) is 0 Å². The molecule has 0 aliphatic carbocycles. The Morgan fingerprint density at radius 2 is 2.00 bits per heavy atom. The molecular weight excluding hydrogens is 268 g/mol. The molecule has 1 atom stereocenters. The van der Waals surface area contributed by atoms with Crippen molar-refractivity contribution in [3.05, 3.63) is 12.2 Å². The maximum absolute atomic E-state index is 11.8. The van der Waals surface area contributed by atoms with Crippen molar-refractivity contribution in [3.8, 4) is 0 Å². The topological polar surface area (TPSA) is 113 Å². The fourth-order valence-corrected chi connectivity index (χ4v) is 1.89. The number of methoxy groups -OCH3 is 1. The molecule has 1 aliphatic heterocycles. The summed E-state index contributed by atoms with van der Waals surface area (Å²) in [5, 5.41) is 10.4. The highest BCUT2D eigenvalue weighted by molar-refractivity contribution is 6.02. The third kappa shape index (κ3) is 4.71. The molecule has 1 unspecified atom stereocenters. The minimum absolute atomic E-state index is 0.175. The Bertz CT molecular complexity index is 445. The van der Waals surface area contributed by atoms with Gasteiger partial charge in [0.05, 0.1) is 13.0 Å². The molecule has 0 spiro atoms. The lowest BCUT2D eigenvalue weighted by Gasteiger charge is -2.30. The van der Waals surface area contributed by atoms with Crippen LogP contribution in [0, 0.1) is 5.92 Å². The molecule has 0 saturated carbocycles. The summed E-state index contributed by atoms with van der Waals surface area (Å²) in [5.74, 6) is -2.89. The number of aliphatic carboxylic acids is 1. The van der Waals surface area contributed by atoms with Gasteiger partial charge in [0.2, 0.25) is 0 Å². The number of carbonyl (C=O) groups is 4. The lowest BCUT2D eigenvalue weighted by atomic mass is 9.98. The minimum Gasteiger partial charge on any atom is -0.478 e. The van der Waals surface area contributed by atoms with Gasteiger partial charge in [-0.15, -0.1) is 0 Å². The Hall–Kier alpha value is -2.38. The Balaban J connectivity index is 2.52. The van der Waals surface area contributed by atoms with Crippen molar-refractivity contribution in [2.75, 3.05) is 20.2 Å². The lowest BCUT2D eigenvalue weighted by Crippen LogP contribution is -2.48. The third-order valence-electron chi connectivity index (χ3n) is 2.85. The molecule has 8 nitrogen and oxygen atoms in total. The molecule has 0 aromatic carbocycles. The number of rotatable bonds is 3. The van der Waals surface area contributed by atoms with Crippen molar-refractivity contribution in [3.63, 3.8) is 0 Å². The predicted molar refractivity (Wildman–Crippen MR) is 66.6 cm³/mol. The van der Waals surface area contributed by atoms with Crippen LogP contribution in [-0.2, 0) is 19.1 Å². The van der Waals surface area contributed by atoms with E-state index in [1.54, 1.807) is 0 Å². The molecule has 3 amide bonds. The Morgan fingerprint density at radius 1 is 1.30 bits per heavy atom. The fourth-order valence-electron chi connectivity index (χ4n) is 1.89. The first-order chi connectivity index (χ1) is 9.43. The largest absolute Gasteiger partial charge is 0.478 e. The number of hydrogen-bond acceptors (Lipinski definition) is 5. The quantitative estimate of drug-likeness (QED) is 0.545. The molecule has 1 saturated heterocycles. The van der Waals surface area contributed by atoms with Crippen LogP contribution < -0.4 is 5.32 Å². The number of nitrogens with zero attached hydrogens (tertiary/aromatic N) is 1. The normalized spacial score (nSPS) is 18.6. The SMILES string of the molecule is COC(=O)C1CCCN(C(=O)NC(=O)/C=C/C(=O)O)C1. The molecule has 0 aromatic rings. The van der Waals surface area contributed by atoms with Crippen LogP contribution in [0.1, 0.15) is 12.8 Å². The fraction of sp³-hybridized carbons (Fsp3) is 0.500. The second kappa shape index (κ2) is 7.27. The van der Waals surface area contributed by atoms with Crippen LogP contribution in [-0.4, -0.2) is 54.1 Å². The summed E-state index contributed by atoms with van der Waals surface area (Å²) in [6.45, 7) is 0.601. The highest BCUT2D eigenvalue weighted by Crippen LogP contribution is 2.17. The maximum Gasteiger partial charge on any atom is 0.328 e. The number of urea groups is 1. The van der Waals surface area contributed by atoms with E-state index in [4.69, 9.17) is 5.11 Å². The van der Waals surface area contributed by atoms with Crippen LogP contribution in [0.3, 0.4) is 0 Å². The molecule has 110 valence electrons. The zero-order valence-corrected chi connectivity index (χ0v) is 11.0. The van der Waals surface area contributed by atoms with Crippen LogP contribution in [0.15, 0.2) is 12.2 Å². The number of hydrogen-bond donors (Lipinski definition) is 2. The van der Waals surface area contributed by atoms with Crippen LogP contribution in [0.25, 0.3) is 0 Å². The summed E-state index contributed by atoms with van der Waals surface area (Å²) in [6, 6.07) is -0.654. The van der Waals surface area contributed by atoms with Gasteiger partial charge in [-0.25, -0.2) is 9.59 Å². The number of nitrogens with one attached hydrogen (secondary N) is 1. The molecule has 0 bridgehead atoms. The number of imide groups is 1. The third-order valence-corrected chi connectivity index (χ3v) is 2.85. The average molecular weight is 284 g/mol. The van der Waals surface area contributed by atoms with Crippen molar-refractivity contribution in [1.82, 2.24) is 10.2 Å². The van der Waals surface area contributed by atoms with Crippen molar-refractivity contribution in [2.45, 2.75) is 12.8 Å². The number of carbonyl (C=O) groups excluding carboxylic acids is 3. The van der Waals surface area contributed by atoms with Crippen molar-refractivity contribution in [1.29, 1.82) is 0 Å². The summed E-state index contributed by atoms with van der Waals surface area (Å²) in [6.07, 6.45) is 2.65. The standard InChI is InChI=1S/C12H16N2O6/c1-20-11(18)8-3-2-6-14(7-8)12(19)13-9(15)4-5-10(16)17/h4-5,8H,2-3,6-7H2,1H3,(H,16,17)(H,13,15,19)/b5-4+. The average Bonchev–Trinajstić information content (AvgIpc) is 2.44. The molecule has 1 heterocycles. The smallest absolute Gasteiger partial charge is 0.328 e. The van der Waals surface area contributed by atoms with E-state index >= 15 is 0 Å². The molecule has 1 rings (SSSR count). The molecule has 20 heavy (non-hydrogen) atoms. The zero-order valence-electron chi connectivity index (χ0n) is 11.0. The second-order valence-electron chi connectivity index (χ2n) is 4.27. The molecular formula is C12H16N2O6. The van der Waals surface area contributed by atoms with E-state index in [9.17, 15) is 19.2 Å². The van der Waals surface area contributed by atoms with E-state index in [2.05, 4.69) is 4.74 Å². The van der Waals surface area contributed by atoms with Crippen molar-refractivity contribution >= 4 is 23.9 Å². The number of piperidine rings is 1. The first kappa shape index (κ1) is 15.7. The monoisotopic (exact) mass is 284 g/mol. The van der Waals surface area contributed by atoms with Gasteiger partial charge in [-0.05, 0) is 12.8 Å². The van der Waals surface area contributed by atoms with Gasteiger partial charge < -0.3 is 14.7 Å². The van der Waals surface area contributed by atoms with Gasteiger partial charge >= 0.3 is 18.0 Å². The Kier molecular flexibility index (Phi) is 5.70. The molecule has 0 radical (unpaired) electrons. The Labute approximate surface area is 115 Å². The van der Waals surface area contributed by atoms with Crippen molar-refractivity contribution < 1.29 is 29.0 Å². The van der Waals surface area contributed by atoms with Gasteiger partial charge in [-0.1, -0.05) is 0 Å². The number of carboxylic acids is 1. The summed E-state index contributed by atoms with van der Waals surface area (Å²) >= 11 is 0. The molecule has 1 aliphatic rings. The zero-order chi connectivity index (χ0) is 15.1. The van der Waals surface area contributed by atoms with E-state index in [0.717, 1.165) is 6.08 Å². The predicted octanol–water partition coefficient (Wildman–Crippen LogP) is -0.252. The van der Waals surface area contributed by atoms with E-state index in [1.165, 1.54) is 12.0 Å².